The number of carbonyl (C=O) groups excluding carboxylic acids is 2. The summed E-state index contributed by atoms with van der Waals surface area (Å²) in [5.41, 5.74) is 0.169. The van der Waals surface area contributed by atoms with Gasteiger partial charge in [-0.2, -0.15) is 0 Å². The summed E-state index contributed by atoms with van der Waals surface area (Å²) in [6.45, 7) is 11.4. The van der Waals surface area contributed by atoms with Crippen LogP contribution >= 0.6 is 15.9 Å². The van der Waals surface area contributed by atoms with Crippen LogP contribution < -0.4 is 0 Å². The Morgan fingerprint density at radius 2 is 1.66 bits per heavy atom. The van der Waals surface area contributed by atoms with Gasteiger partial charge < -0.3 is 14.4 Å². The Hall–Kier alpha value is -1.63. The average molecular weight is 509 g/mol. The molecule has 3 rings (SSSR count). The maximum absolute atomic E-state index is 13.2. The molecule has 0 radical (unpaired) electrons. The largest absolute Gasteiger partial charge is 0.460 e. The first-order valence-electron chi connectivity index (χ1n) is 11.7. The minimum Gasteiger partial charge on any atom is -0.460 e. The van der Waals surface area contributed by atoms with E-state index >= 15 is 0 Å². The van der Waals surface area contributed by atoms with Crippen molar-refractivity contribution in [3.63, 3.8) is 0 Å². The zero-order chi connectivity index (χ0) is 23.7. The van der Waals surface area contributed by atoms with Crippen LogP contribution in [0.15, 0.2) is 22.9 Å². The van der Waals surface area contributed by atoms with Crippen molar-refractivity contribution in [2.24, 2.45) is 5.92 Å². The first-order chi connectivity index (χ1) is 14.8. The van der Waals surface area contributed by atoms with E-state index in [-0.39, 0.29) is 24.1 Å². The molecule has 0 saturated heterocycles. The minimum absolute atomic E-state index is 0.130. The molecule has 178 valence electrons. The standard InChI is InChI=1S/C25H37BrN2O4/c1-24(2,3)31-22(29)13-16-7-10-18(11-8-16)28(23(30)32-25(4,5)6)20-14-19(20)17-9-12-21(26)27-15-17/h9,12,15-16,18-20H,7-8,10-11,13-14H2,1-6H3/t16?,18?,19-,20+/m1/s1. The highest BCUT2D eigenvalue weighted by atomic mass is 79.9. The molecule has 0 aliphatic heterocycles. The number of hydrogen-bond donors (Lipinski definition) is 0. The highest BCUT2D eigenvalue weighted by molar-refractivity contribution is 9.10. The van der Waals surface area contributed by atoms with E-state index in [1.807, 2.05) is 58.7 Å². The fourth-order valence-electron chi connectivity index (χ4n) is 4.57. The first kappa shape index (κ1) is 25.0. The van der Waals surface area contributed by atoms with Crippen molar-refractivity contribution in [1.82, 2.24) is 9.88 Å². The normalized spacial score (nSPS) is 25.7. The molecule has 32 heavy (non-hydrogen) atoms. The summed E-state index contributed by atoms with van der Waals surface area (Å²) >= 11 is 3.39. The van der Waals surface area contributed by atoms with Gasteiger partial charge >= 0.3 is 12.1 Å². The van der Waals surface area contributed by atoms with Crippen LogP contribution in [0.1, 0.15) is 91.5 Å². The molecule has 1 heterocycles. The highest BCUT2D eigenvalue weighted by Crippen LogP contribution is 2.47. The maximum atomic E-state index is 13.2. The second kappa shape index (κ2) is 9.70. The summed E-state index contributed by atoms with van der Waals surface area (Å²) in [7, 11) is 0. The van der Waals surface area contributed by atoms with E-state index < -0.39 is 11.2 Å². The Morgan fingerprint density at radius 3 is 2.19 bits per heavy atom. The van der Waals surface area contributed by atoms with Crippen LogP contribution in [-0.4, -0.2) is 45.2 Å². The SMILES string of the molecule is CC(C)(C)OC(=O)CC1CCC(N(C(=O)OC(C)(C)C)[C@H]2C[C@@H]2c2ccc(Br)nc2)CC1. The molecule has 1 amide bonds. The molecule has 1 aromatic rings. The van der Waals surface area contributed by atoms with E-state index in [1.165, 1.54) is 0 Å². The van der Waals surface area contributed by atoms with Gasteiger partial charge in [0.1, 0.15) is 15.8 Å². The van der Waals surface area contributed by atoms with Crippen LogP contribution in [0.2, 0.25) is 0 Å². The van der Waals surface area contributed by atoms with Crippen LogP contribution in [0.5, 0.6) is 0 Å². The van der Waals surface area contributed by atoms with Gasteiger partial charge in [0.25, 0.3) is 0 Å². The predicted octanol–water partition coefficient (Wildman–Crippen LogP) is 6.23. The van der Waals surface area contributed by atoms with Gasteiger partial charge in [-0.25, -0.2) is 9.78 Å². The first-order valence-corrected chi connectivity index (χ1v) is 12.5. The van der Waals surface area contributed by atoms with Crippen molar-refractivity contribution in [1.29, 1.82) is 0 Å². The Bertz CT molecular complexity index is 805. The Balaban J connectivity index is 1.64. The van der Waals surface area contributed by atoms with Gasteiger partial charge in [-0.1, -0.05) is 6.07 Å². The third-order valence-electron chi connectivity index (χ3n) is 5.98. The van der Waals surface area contributed by atoms with Crippen molar-refractivity contribution >= 4 is 28.0 Å². The lowest BCUT2D eigenvalue weighted by molar-refractivity contribution is -0.156. The summed E-state index contributed by atoms with van der Waals surface area (Å²) in [5.74, 6) is 0.477. The lowest BCUT2D eigenvalue weighted by atomic mass is 9.83. The quantitative estimate of drug-likeness (QED) is 0.348. The number of amides is 1. The maximum Gasteiger partial charge on any atom is 0.410 e. The molecule has 2 saturated carbocycles. The zero-order valence-electron chi connectivity index (χ0n) is 20.2. The zero-order valence-corrected chi connectivity index (χ0v) is 21.8. The van der Waals surface area contributed by atoms with Crippen molar-refractivity contribution in [2.75, 3.05) is 0 Å². The number of halogens is 1. The average Bonchev–Trinajstić information content (AvgIpc) is 3.41. The van der Waals surface area contributed by atoms with E-state index in [9.17, 15) is 9.59 Å². The summed E-state index contributed by atoms with van der Waals surface area (Å²) in [6, 6.07) is 4.30. The number of nitrogens with zero attached hydrogens (tertiary/aromatic N) is 2. The monoisotopic (exact) mass is 508 g/mol. The molecule has 0 unspecified atom stereocenters. The van der Waals surface area contributed by atoms with Crippen molar-refractivity contribution in [2.45, 2.75) is 109 Å². The fourth-order valence-corrected chi connectivity index (χ4v) is 4.80. The van der Waals surface area contributed by atoms with Crippen molar-refractivity contribution in [3.8, 4) is 0 Å². The Kier molecular flexibility index (Phi) is 7.58. The smallest absolute Gasteiger partial charge is 0.410 e. The van der Waals surface area contributed by atoms with Gasteiger partial charge in [-0.05, 0) is 107 Å². The Morgan fingerprint density at radius 1 is 1.03 bits per heavy atom. The predicted molar refractivity (Wildman–Crippen MR) is 127 cm³/mol. The van der Waals surface area contributed by atoms with Crippen LogP contribution in [0.3, 0.4) is 0 Å². The molecule has 1 aromatic heterocycles. The van der Waals surface area contributed by atoms with Crippen LogP contribution in [0.25, 0.3) is 0 Å². The van der Waals surface area contributed by atoms with E-state index in [0.717, 1.165) is 42.3 Å². The van der Waals surface area contributed by atoms with Crippen LogP contribution in [-0.2, 0) is 14.3 Å². The van der Waals surface area contributed by atoms with Gasteiger partial charge in [0.05, 0.1) is 0 Å². The summed E-state index contributed by atoms with van der Waals surface area (Å²) in [6.07, 6.45) is 6.64. The molecular weight excluding hydrogens is 472 g/mol. The van der Waals surface area contributed by atoms with E-state index in [1.54, 1.807) is 0 Å². The van der Waals surface area contributed by atoms with Crippen LogP contribution in [0, 0.1) is 5.92 Å². The van der Waals surface area contributed by atoms with Gasteiger partial charge in [0, 0.05) is 30.6 Å². The lowest BCUT2D eigenvalue weighted by Gasteiger charge is -2.38. The summed E-state index contributed by atoms with van der Waals surface area (Å²) in [4.78, 5) is 31.8. The fraction of sp³-hybridized carbons (Fsp3) is 0.720. The molecule has 0 N–H and O–H groups in total. The lowest BCUT2D eigenvalue weighted by Crippen LogP contribution is -2.46. The molecule has 7 heteroatoms. The number of carbonyl (C=O) groups is 2. The van der Waals surface area contributed by atoms with Gasteiger partial charge in [-0.15, -0.1) is 0 Å². The highest BCUT2D eigenvalue weighted by Gasteiger charge is 2.49. The van der Waals surface area contributed by atoms with Gasteiger partial charge in [0.15, 0.2) is 0 Å². The molecule has 0 aromatic carbocycles. The molecular formula is C25H37BrN2O4. The number of ether oxygens (including phenoxy) is 2. The Labute approximate surface area is 200 Å². The minimum atomic E-state index is -0.535. The number of hydrogen-bond acceptors (Lipinski definition) is 5. The molecule has 0 spiro atoms. The number of esters is 1. The molecule has 6 nitrogen and oxygen atoms in total. The summed E-state index contributed by atoms with van der Waals surface area (Å²) < 4.78 is 12.1. The molecule has 2 aliphatic rings. The van der Waals surface area contributed by atoms with Crippen molar-refractivity contribution < 1.29 is 19.1 Å². The second-order valence-electron chi connectivity index (χ2n) is 11.2. The molecule has 0 bridgehead atoms. The number of aromatic nitrogens is 1. The molecule has 2 atom stereocenters. The van der Waals surface area contributed by atoms with Gasteiger partial charge in [-0.3, -0.25) is 4.79 Å². The second-order valence-corrected chi connectivity index (χ2v) is 12.0. The topological polar surface area (TPSA) is 68.7 Å². The number of rotatable bonds is 5. The summed E-state index contributed by atoms with van der Waals surface area (Å²) in [5, 5.41) is 0. The molecule has 2 aliphatic carbocycles. The third-order valence-corrected chi connectivity index (χ3v) is 6.45. The van der Waals surface area contributed by atoms with E-state index in [0.29, 0.717) is 18.3 Å². The number of pyridine rings is 1. The third kappa shape index (κ3) is 7.19. The van der Waals surface area contributed by atoms with Gasteiger partial charge in [0.2, 0.25) is 0 Å². The van der Waals surface area contributed by atoms with Crippen molar-refractivity contribution in [3.05, 3.63) is 28.5 Å². The van der Waals surface area contributed by atoms with Crippen LogP contribution in [0.4, 0.5) is 4.79 Å². The van der Waals surface area contributed by atoms with E-state index in [4.69, 9.17) is 9.47 Å². The van der Waals surface area contributed by atoms with E-state index in [2.05, 4.69) is 27.0 Å². The molecule has 2 fully saturated rings.